The molecule has 3 unspecified atom stereocenters. The molecular formula is C12H17N5. The highest BCUT2D eigenvalue weighted by molar-refractivity contribution is 5.62. The van der Waals surface area contributed by atoms with E-state index < -0.39 is 0 Å². The number of hydrogen-bond donors (Lipinski definition) is 0. The Labute approximate surface area is 101 Å². The van der Waals surface area contributed by atoms with Gasteiger partial charge in [-0.15, -0.1) is 0 Å². The Morgan fingerprint density at radius 3 is 2.53 bits per heavy atom. The predicted octanol–water partition coefficient (Wildman–Crippen LogP) is 0.321. The van der Waals surface area contributed by atoms with Crippen molar-refractivity contribution in [3.63, 3.8) is 0 Å². The van der Waals surface area contributed by atoms with Crippen molar-refractivity contribution in [2.24, 2.45) is 0 Å². The van der Waals surface area contributed by atoms with Gasteiger partial charge in [-0.05, 0) is 12.1 Å². The first-order chi connectivity index (χ1) is 8.25. The van der Waals surface area contributed by atoms with Crippen molar-refractivity contribution >= 4 is 5.82 Å². The quantitative estimate of drug-likeness (QED) is 0.694. The summed E-state index contributed by atoms with van der Waals surface area (Å²) in [5.41, 5.74) is 1.51. The van der Waals surface area contributed by atoms with Crippen LogP contribution in [0.15, 0.2) is 30.2 Å². The molecule has 0 N–H and O–H groups in total. The van der Waals surface area contributed by atoms with Crippen LogP contribution >= 0.6 is 0 Å². The van der Waals surface area contributed by atoms with E-state index >= 15 is 0 Å². The maximum Gasteiger partial charge on any atom is 0.135 e. The summed E-state index contributed by atoms with van der Waals surface area (Å²) in [6.45, 7) is 3.30. The first-order valence-electron chi connectivity index (χ1n) is 6.07. The van der Waals surface area contributed by atoms with E-state index in [2.05, 4.69) is 63.0 Å². The summed E-state index contributed by atoms with van der Waals surface area (Å²) in [6.07, 6.45) is 4.26. The summed E-state index contributed by atoms with van der Waals surface area (Å²) in [5, 5.41) is 4.54. The molecule has 3 saturated heterocycles. The van der Waals surface area contributed by atoms with Crippen LogP contribution in [0.25, 0.3) is 5.82 Å². The summed E-state index contributed by atoms with van der Waals surface area (Å²) in [4.78, 5) is 4.78. The van der Waals surface area contributed by atoms with Gasteiger partial charge in [-0.1, -0.05) is 0 Å². The minimum absolute atomic E-state index is 0.752. The minimum atomic E-state index is 0.752. The summed E-state index contributed by atoms with van der Waals surface area (Å²) >= 11 is 0. The average molecular weight is 231 g/mol. The predicted molar refractivity (Wildman–Crippen MR) is 65.2 cm³/mol. The van der Waals surface area contributed by atoms with E-state index in [0.717, 1.165) is 19.4 Å². The molecule has 3 atom stereocenters. The van der Waals surface area contributed by atoms with Crippen molar-refractivity contribution in [3.8, 4) is 0 Å². The summed E-state index contributed by atoms with van der Waals surface area (Å²) in [6, 6.07) is 4.92. The Balaban J connectivity index is 1.59. The van der Waals surface area contributed by atoms with Gasteiger partial charge in [0.25, 0.3) is 0 Å². The van der Waals surface area contributed by atoms with Crippen LogP contribution in [-0.4, -0.2) is 64.4 Å². The molecule has 0 saturated carbocycles. The van der Waals surface area contributed by atoms with Crippen LogP contribution in [-0.2, 0) is 0 Å². The molecule has 4 heterocycles. The lowest BCUT2D eigenvalue weighted by molar-refractivity contribution is 0.250. The molecule has 90 valence electrons. The topological polar surface area (TPSA) is 17.2 Å². The Hall–Kier alpha value is -1.46. The average Bonchev–Trinajstić information content (AvgIpc) is 3.22. The molecule has 3 aliphatic rings. The lowest BCUT2D eigenvalue weighted by atomic mass is 10.4. The van der Waals surface area contributed by atoms with Crippen molar-refractivity contribution in [1.29, 1.82) is 0 Å². The number of fused-ring (bicyclic) bond motifs is 1. The zero-order valence-corrected chi connectivity index (χ0v) is 10.2. The first-order valence-corrected chi connectivity index (χ1v) is 6.07. The molecule has 0 bridgehead atoms. The van der Waals surface area contributed by atoms with Gasteiger partial charge in [-0.2, -0.15) is 0 Å². The molecule has 0 radical (unpaired) electrons. The van der Waals surface area contributed by atoms with E-state index in [4.69, 9.17) is 0 Å². The molecule has 5 nitrogen and oxygen atoms in total. The fraction of sp³-hybridized carbons (Fsp3) is 0.500. The molecule has 0 amide bonds. The first kappa shape index (κ1) is 9.56. The van der Waals surface area contributed by atoms with Gasteiger partial charge in [0.15, 0.2) is 0 Å². The highest BCUT2D eigenvalue weighted by atomic mass is 15.8. The van der Waals surface area contributed by atoms with Crippen LogP contribution in [0.1, 0.15) is 0 Å². The van der Waals surface area contributed by atoms with Crippen molar-refractivity contribution in [1.82, 2.24) is 24.4 Å². The zero-order valence-electron chi connectivity index (χ0n) is 10.2. The summed E-state index contributed by atoms with van der Waals surface area (Å²) in [7, 11) is 4.29. The third-order valence-electron chi connectivity index (χ3n) is 3.75. The van der Waals surface area contributed by atoms with E-state index in [1.807, 2.05) is 0 Å². The van der Waals surface area contributed by atoms with E-state index in [1.54, 1.807) is 0 Å². The largest absolute Gasteiger partial charge is 0.357 e. The Morgan fingerprint density at radius 1 is 1.41 bits per heavy atom. The highest BCUT2D eigenvalue weighted by Crippen LogP contribution is 2.51. The molecular weight excluding hydrogens is 214 g/mol. The van der Waals surface area contributed by atoms with Gasteiger partial charge in [0, 0.05) is 33.0 Å². The van der Waals surface area contributed by atoms with Gasteiger partial charge < -0.3 is 14.4 Å². The number of nitrogens with zero attached hydrogens (tertiary/aromatic N) is 5. The Kier molecular flexibility index (Phi) is 1.72. The van der Waals surface area contributed by atoms with Crippen LogP contribution in [0, 0.1) is 0 Å². The van der Waals surface area contributed by atoms with Crippen molar-refractivity contribution in [2.75, 3.05) is 34.0 Å². The second-order valence-corrected chi connectivity index (χ2v) is 5.11. The molecule has 17 heavy (non-hydrogen) atoms. The molecule has 0 spiro atoms. The number of aromatic nitrogens is 1. The fourth-order valence-electron chi connectivity index (χ4n) is 2.44. The number of hydrogen-bond acceptors (Lipinski definition) is 4. The van der Waals surface area contributed by atoms with E-state index in [-0.39, 0.29) is 0 Å². The minimum Gasteiger partial charge on any atom is -0.357 e. The van der Waals surface area contributed by atoms with E-state index in [1.165, 1.54) is 18.1 Å². The molecule has 1 aromatic rings. The molecule has 0 aromatic carbocycles. The molecule has 5 heteroatoms. The second kappa shape index (κ2) is 3.05. The van der Waals surface area contributed by atoms with Crippen LogP contribution in [0.4, 0.5) is 0 Å². The molecule has 4 rings (SSSR count). The highest BCUT2D eigenvalue weighted by Gasteiger charge is 2.59. The van der Waals surface area contributed by atoms with Gasteiger partial charge in [-0.3, -0.25) is 0 Å². The standard InChI is InChI=1S/C12H17N5/c1-13(8-16-9-14(16)2)12(11-10-7-17(10)11)15-5-3-4-6-15/h3-6,10H,7-9H2,1-2H3/b12-11+. The van der Waals surface area contributed by atoms with Crippen molar-refractivity contribution in [3.05, 3.63) is 30.2 Å². The maximum atomic E-state index is 2.44. The normalized spacial score (nSPS) is 35.4. The van der Waals surface area contributed by atoms with Crippen molar-refractivity contribution in [2.45, 2.75) is 6.04 Å². The third-order valence-corrected chi connectivity index (χ3v) is 3.75. The van der Waals surface area contributed by atoms with Gasteiger partial charge in [-0.25, -0.2) is 10.0 Å². The maximum absolute atomic E-state index is 2.44. The Morgan fingerprint density at radius 2 is 2.06 bits per heavy atom. The van der Waals surface area contributed by atoms with Crippen LogP contribution in [0.3, 0.4) is 0 Å². The van der Waals surface area contributed by atoms with Gasteiger partial charge in [0.2, 0.25) is 0 Å². The van der Waals surface area contributed by atoms with Gasteiger partial charge in [0.05, 0.1) is 25.1 Å². The molecule has 3 aliphatic heterocycles. The van der Waals surface area contributed by atoms with Gasteiger partial charge in [0.1, 0.15) is 5.82 Å². The second-order valence-electron chi connectivity index (χ2n) is 5.11. The fourth-order valence-corrected chi connectivity index (χ4v) is 2.44. The van der Waals surface area contributed by atoms with Crippen molar-refractivity contribution < 1.29 is 0 Å². The van der Waals surface area contributed by atoms with E-state index in [0.29, 0.717) is 0 Å². The lowest BCUT2D eigenvalue weighted by Gasteiger charge is -2.24. The molecule has 0 aliphatic carbocycles. The summed E-state index contributed by atoms with van der Waals surface area (Å²) < 4.78 is 2.23. The SMILES string of the molecule is CN(CN1CN1C)/C(=C1/C2CN12)n1cccc1. The van der Waals surface area contributed by atoms with Gasteiger partial charge >= 0.3 is 0 Å². The third kappa shape index (κ3) is 1.46. The summed E-state index contributed by atoms with van der Waals surface area (Å²) in [5.74, 6) is 1.34. The number of hydrazine groups is 1. The molecule has 3 fully saturated rings. The number of rotatable bonds is 4. The zero-order chi connectivity index (χ0) is 11.6. The molecule has 1 aromatic heterocycles. The Bertz CT molecular complexity index is 467. The lowest BCUT2D eigenvalue weighted by Crippen LogP contribution is -2.28. The van der Waals surface area contributed by atoms with Crippen LogP contribution in [0.5, 0.6) is 0 Å². The monoisotopic (exact) mass is 231 g/mol. The van der Waals surface area contributed by atoms with Crippen LogP contribution < -0.4 is 0 Å². The smallest absolute Gasteiger partial charge is 0.135 e. The van der Waals surface area contributed by atoms with E-state index in [9.17, 15) is 0 Å². The van der Waals surface area contributed by atoms with Crippen LogP contribution in [0.2, 0.25) is 0 Å².